The molecule has 6 atom stereocenters. The average Bonchev–Trinajstić information content (AvgIpc) is 1.56. The highest BCUT2D eigenvalue weighted by atomic mass is 79.9. The summed E-state index contributed by atoms with van der Waals surface area (Å²) in [5.74, 6) is 0.420. The Kier molecular flexibility index (Phi) is 22.2. The third kappa shape index (κ3) is 17.0. The number of carboxylic acid groups (broad SMARTS) is 1. The maximum atomic E-state index is 14.3. The molecule has 0 aromatic carbocycles. The minimum absolute atomic E-state index is 0.00197. The molecular weight excluding hydrogens is 1360 g/mol. The topological polar surface area (TPSA) is 325 Å². The Morgan fingerprint density at radius 2 is 1.22 bits per heavy atom. The molecule has 13 rings (SSSR count). The molecule has 7 aromatic heterocycles. The largest absolute Gasteiger partial charge is 0.480 e. The third-order valence-corrected chi connectivity index (χ3v) is 20.5. The Labute approximate surface area is 580 Å². The van der Waals surface area contributed by atoms with Crippen molar-refractivity contribution in [3.8, 4) is 22.5 Å². The van der Waals surface area contributed by atoms with Crippen molar-refractivity contribution in [3.63, 3.8) is 0 Å². The number of halogens is 2. The number of anilines is 3. The van der Waals surface area contributed by atoms with Gasteiger partial charge in [-0.2, -0.15) is 5.10 Å². The van der Waals surface area contributed by atoms with Crippen LogP contribution in [-0.4, -0.2) is 168 Å². The Bertz CT molecular complexity index is 4120. The van der Waals surface area contributed by atoms with Gasteiger partial charge in [0, 0.05) is 97.0 Å². The lowest BCUT2D eigenvalue weighted by Crippen LogP contribution is -2.47. The average molecular weight is 1450 g/mol. The van der Waals surface area contributed by atoms with E-state index in [1.807, 2.05) is 25.1 Å². The third-order valence-electron chi connectivity index (χ3n) is 19.6. The fraction of sp³-hybridized carbons (Fsp3) is 0.486. The molecule has 3 amide bonds. The fourth-order valence-electron chi connectivity index (χ4n) is 14.2. The molecule has 2 spiro atoms. The summed E-state index contributed by atoms with van der Waals surface area (Å²) in [5.41, 5.74) is 6.01. The molecule has 4 aliphatic heterocycles. The predicted octanol–water partition coefficient (Wildman–Crippen LogP) is 10.3. The number of aliphatic carboxylic acids is 1. The van der Waals surface area contributed by atoms with Gasteiger partial charge in [0.05, 0.1) is 41.0 Å². The summed E-state index contributed by atoms with van der Waals surface area (Å²) in [6.45, 7) is 9.38. The number of likely N-dealkylation sites (tertiary alicyclic amines) is 1. The lowest BCUT2D eigenvalue weighted by Gasteiger charge is -2.27. The van der Waals surface area contributed by atoms with E-state index in [0.29, 0.717) is 91.4 Å². The quantitative estimate of drug-likeness (QED) is 0.0421. The number of aromatic nitrogens is 10. The number of rotatable bonds is 10. The van der Waals surface area contributed by atoms with Crippen LogP contribution in [0.25, 0.3) is 33.4 Å². The van der Waals surface area contributed by atoms with Crippen molar-refractivity contribution >= 4 is 101 Å². The Hall–Kier alpha value is -8.24. The van der Waals surface area contributed by atoms with E-state index >= 15 is 0 Å². The molecule has 0 radical (unpaired) electrons. The van der Waals surface area contributed by atoms with E-state index < -0.39 is 17.8 Å². The van der Waals surface area contributed by atoms with E-state index in [2.05, 4.69) is 128 Å². The zero-order valence-electron chi connectivity index (χ0n) is 55.8. The van der Waals surface area contributed by atoms with Crippen molar-refractivity contribution in [2.45, 2.75) is 174 Å². The van der Waals surface area contributed by atoms with Gasteiger partial charge in [0.1, 0.15) is 63.0 Å². The minimum Gasteiger partial charge on any atom is -0.480 e. The van der Waals surface area contributed by atoms with Crippen LogP contribution in [0, 0.1) is 30.1 Å². The minimum atomic E-state index is -1.05. The van der Waals surface area contributed by atoms with Gasteiger partial charge in [0.25, 0.3) is 0 Å². The molecule has 7 aromatic rings. The SMILES string of the molecule is CC(=O)C(=N)c1cc(-c2cnc(C)nc2)ncc1NCC(=O)O.CC(=O)c1nn(CC(=O)N2[C@H]3C[C@@]4(CCCCCCCN(C)Cc5ccc(Br)nc5NC3=O)C[C@@H]24)c2cnc(-c3cnc(C)nc3)cc12.CN1CCCCCCC[C@@]23C[C@H](N[C@@H]2C3)C(=O)Nc2nc(Br)ccc2C1. The van der Waals surface area contributed by atoms with Crippen LogP contribution in [0.15, 0.2) is 82.8 Å². The predicted molar refractivity (Wildman–Crippen MR) is 375 cm³/mol. The van der Waals surface area contributed by atoms with E-state index in [9.17, 15) is 28.8 Å². The van der Waals surface area contributed by atoms with Crippen molar-refractivity contribution in [1.29, 1.82) is 5.41 Å². The monoisotopic (exact) mass is 1450 g/mol. The fourth-order valence-corrected chi connectivity index (χ4v) is 14.8. The number of ketones is 2. The standard InChI is InChI=1S/C35H40BrN9O3.C20H29BrN4O.C15H15N5O3/c1-21(46)32-25-13-26(24-16-37-22(2)38-17-24)39-18-28(25)44(42-32)20-31(47)45-27-14-35(15-29(35)45)11-7-5-4-6-8-12-43(3)19-23-9-10-30(36)40-33(23)41-34(27)48;1-25-10-6-4-2-3-5-9-20-11-15(22-16(20)12-20)19(26)24-18-14(13-25)7-8-17(21)23-18;1-8(21)15(16)11-3-12(10-4-17-9(2)18-5-10)19-6-13(11)20-7-14(22)23/h9-10,13,16-18,27,29H,4-8,11-12,14-15,19-20H2,1-3H3,(H,40,41,48);7-8,15-16,22H,2-6,9-13H2,1H3,(H,23,24,26);3-6,16,20H,7H2,1-2H3,(H,22,23)/t27-,29+,35-;15-,16+,20-;/m00./s1. The van der Waals surface area contributed by atoms with Crippen molar-refractivity contribution < 1.29 is 33.9 Å². The summed E-state index contributed by atoms with van der Waals surface area (Å²) >= 11 is 6.91. The summed E-state index contributed by atoms with van der Waals surface area (Å²) < 4.78 is 2.94. The first-order valence-electron chi connectivity index (χ1n) is 33.4. The highest BCUT2D eigenvalue weighted by molar-refractivity contribution is 9.10. The molecule has 6 aliphatic rings. The van der Waals surface area contributed by atoms with Gasteiger partial charge in [-0.3, -0.25) is 48.8 Å². The number of carbonyl (C=O) groups is 6. The summed E-state index contributed by atoms with van der Waals surface area (Å²) in [4.78, 5) is 117. The second kappa shape index (κ2) is 30.7. The van der Waals surface area contributed by atoms with Crippen LogP contribution in [0.5, 0.6) is 0 Å². The van der Waals surface area contributed by atoms with Crippen LogP contribution < -0.4 is 21.3 Å². The van der Waals surface area contributed by atoms with Gasteiger partial charge in [-0.05, 0) is 159 Å². The first kappa shape index (κ1) is 70.1. The van der Waals surface area contributed by atoms with Crippen LogP contribution in [0.2, 0.25) is 0 Å². The number of piperidine rings is 2. The second-order valence-electron chi connectivity index (χ2n) is 26.9. The number of carbonyl (C=O) groups excluding carboxylic acids is 5. The van der Waals surface area contributed by atoms with E-state index in [-0.39, 0.29) is 71.1 Å². The van der Waals surface area contributed by atoms with Crippen molar-refractivity contribution in [2.24, 2.45) is 10.8 Å². The molecule has 4 fully saturated rings. The van der Waals surface area contributed by atoms with E-state index in [1.165, 1.54) is 77.8 Å². The van der Waals surface area contributed by atoms with Gasteiger partial charge in [-0.15, -0.1) is 0 Å². The van der Waals surface area contributed by atoms with Gasteiger partial charge in [-0.25, -0.2) is 29.9 Å². The van der Waals surface area contributed by atoms with Crippen LogP contribution in [0.1, 0.15) is 155 Å². The van der Waals surface area contributed by atoms with Gasteiger partial charge >= 0.3 is 5.97 Å². The number of fused-ring (bicyclic) bond motifs is 5. The normalized spacial score (nSPS) is 22.9. The van der Waals surface area contributed by atoms with Crippen LogP contribution >= 0.6 is 31.9 Å². The second-order valence-corrected chi connectivity index (χ2v) is 28.5. The van der Waals surface area contributed by atoms with Crippen molar-refractivity contribution in [2.75, 3.05) is 49.7 Å². The van der Waals surface area contributed by atoms with E-state index in [4.69, 9.17) is 10.5 Å². The Morgan fingerprint density at radius 1 is 0.670 bits per heavy atom. The Balaban J connectivity index is 0.000000164. The summed E-state index contributed by atoms with van der Waals surface area (Å²) in [6.07, 6.45) is 27.9. The molecule has 2 aliphatic carbocycles. The molecule has 25 nitrogen and oxygen atoms in total. The number of carboxylic acids is 1. The number of Topliss-reactive ketones (excluding diaryl/α,β-unsaturated/α-hetero) is 2. The highest BCUT2D eigenvalue weighted by Gasteiger charge is 2.66. The Morgan fingerprint density at radius 3 is 1.79 bits per heavy atom. The molecule has 27 heteroatoms. The maximum Gasteiger partial charge on any atom is 0.322 e. The van der Waals surface area contributed by atoms with E-state index in [0.717, 1.165) is 73.9 Å². The summed E-state index contributed by atoms with van der Waals surface area (Å²) in [6, 6.07) is 11.1. The smallest absolute Gasteiger partial charge is 0.322 e. The zero-order chi connectivity index (χ0) is 68.7. The number of pyridine rings is 4. The molecule has 11 heterocycles. The molecule has 2 saturated heterocycles. The lowest BCUT2D eigenvalue weighted by molar-refractivity contribution is -0.138. The van der Waals surface area contributed by atoms with Crippen molar-refractivity contribution in [1.82, 2.24) is 69.7 Å². The molecular formula is C70H84Br2N18O7. The summed E-state index contributed by atoms with van der Waals surface area (Å²) in [5, 5.41) is 34.3. The lowest BCUT2D eigenvalue weighted by atomic mass is 9.92. The molecule has 0 unspecified atom stereocenters. The number of nitrogens with zero attached hydrogens (tertiary/aromatic N) is 13. The number of hydrogen-bond donors (Lipinski definition) is 6. The number of amides is 3. The molecule has 510 valence electrons. The van der Waals surface area contributed by atoms with Crippen LogP contribution in [0.3, 0.4) is 0 Å². The summed E-state index contributed by atoms with van der Waals surface area (Å²) in [7, 11) is 4.24. The van der Waals surface area contributed by atoms with Crippen molar-refractivity contribution in [3.05, 3.63) is 117 Å². The first-order chi connectivity index (χ1) is 46.5. The van der Waals surface area contributed by atoms with E-state index in [1.54, 1.807) is 59.6 Å². The van der Waals surface area contributed by atoms with Gasteiger partial charge in [0.2, 0.25) is 17.7 Å². The zero-order valence-corrected chi connectivity index (χ0v) is 58.9. The molecule has 2 saturated carbocycles. The first-order valence-corrected chi connectivity index (χ1v) is 35.0. The van der Waals surface area contributed by atoms with Gasteiger partial charge < -0.3 is 41.1 Å². The molecule has 4 bridgehead atoms. The highest BCUT2D eigenvalue weighted by Crippen LogP contribution is 2.63. The number of aryl methyl sites for hydroxylation is 2. The van der Waals surface area contributed by atoms with Gasteiger partial charge in [0.15, 0.2) is 11.6 Å². The van der Waals surface area contributed by atoms with Crippen LogP contribution in [0.4, 0.5) is 17.3 Å². The molecule has 97 heavy (non-hydrogen) atoms. The number of nitrogens with one attached hydrogen (secondary N) is 5. The maximum absolute atomic E-state index is 14.3. The van der Waals surface area contributed by atoms with Gasteiger partial charge in [-0.1, -0.05) is 63.5 Å². The number of hydrogen-bond acceptors (Lipinski definition) is 20. The van der Waals surface area contributed by atoms with Crippen LogP contribution in [-0.2, 0) is 43.6 Å². The molecule has 6 N–H and O–H groups in total.